The molecule has 1 aromatic carbocycles. The maximum Gasteiger partial charge on any atom is 0.225 e. The van der Waals surface area contributed by atoms with E-state index in [9.17, 15) is 4.79 Å². The van der Waals surface area contributed by atoms with Crippen LogP contribution in [0.4, 0.5) is 5.95 Å². The highest BCUT2D eigenvalue weighted by atomic mass is 16.2. The molecule has 2 aliphatic rings. The van der Waals surface area contributed by atoms with Gasteiger partial charge in [0.05, 0.1) is 5.69 Å². The van der Waals surface area contributed by atoms with Gasteiger partial charge in [0.15, 0.2) is 0 Å². The largest absolute Gasteiger partial charge is 0.339 e. The minimum absolute atomic E-state index is 0.289. The zero-order chi connectivity index (χ0) is 19.3. The number of carbonyl (C=O) groups excluding carboxylic acids is 1. The molecule has 1 atom stereocenters. The summed E-state index contributed by atoms with van der Waals surface area (Å²) in [7, 11) is 2.14. The molecule has 148 valence electrons. The van der Waals surface area contributed by atoms with Crippen LogP contribution in [0.1, 0.15) is 25.7 Å². The SMILES string of the molecule is CN1CCCC[C@H]1CC(=O)N1CCN(c2nccc(-c3ccccc3)n2)CC1. The minimum atomic E-state index is 0.289. The van der Waals surface area contributed by atoms with E-state index in [2.05, 4.69) is 34.0 Å². The number of hydrogen-bond donors (Lipinski definition) is 0. The Labute approximate surface area is 167 Å². The molecule has 6 nitrogen and oxygen atoms in total. The Balaban J connectivity index is 1.34. The van der Waals surface area contributed by atoms with Gasteiger partial charge in [-0.15, -0.1) is 0 Å². The number of piperazine rings is 1. The zero-order valence-corrected chi connectivity index (χ0v) is 16.6. The Kier molecular flexibility index (Phi) is 5.86. The van der Waals surface area contributed by atoms with Crippen LogP contribution in [0.15, 0.2) is 42.6 Å². The second kappa shape index (κ2) is 8.69. The van der Waals surface area contributed by atoms with Gasteiger partial charge in [-0.05, 0) is 32.5 Å². The average molecular weight is 380 g/mol. The van der Waals surface area contributed by atoms with Crippen molar-refractivity contribution >= 4 is 11.9 Å². The van der Waals surface area contributed by atoms with Gasteiger partial charge in [-0.25, -0.2) is 9.97 Å². The van der Waals surface area contributed by atoms with Gasteiger partial charge in [0, 0.05) is 50.4 Å². The van der Waals surface area contributed by atoms with E-state index in [-0.39, 0.29) is 5.91 Å². The highest BCUT2D eigenvalue weighted by molar-refractivity contribution is 5.77. The molecular formula is C22H29N5O. The van der Waals surface area contributed by atoms with E-state index in [0.717, 1.165) is 56.4 Å². The number of carbonyl (C=O) groups is 1. The van der Waals surface area contributed by atoms with Crippen molar-refractivity contribution in [2.45, 2.75) is 31.7 Å². The van der Waals surface area contributed by atoms with E-state index in [1.807, 2.05) is 35.4 Å². The smallest absolute Gasteiger partial charge is 0.225 e. The van der Waals surface area contributed by atoms with Crippen molar-refractivity contribution in [1.29, 1.82) is 0 Å². The normalized spacial score (nSPS) is 21.0. The summed E-state index contributed by atoms with van der Waals surface area (Å²) in [6.07, 6.45) is 6.10. The molecule has 3 heterocycles. The first-order valence-electron chi connectivity index (χ1n) is 10.3. The maximum absolute atomic E-state index is 12.7. The van der Waals surface area contributed by atoms with Gasteiger partial charge in [0.1, 0.15) is 0 Å². The summed E-state index contributed by atoms with van der Waals surface area (Å²) in [4.78, 5) is 28.5. The molecule has 0 bridgehead atoms. The van der Waals surface area contributed by atoms with Gasteiger partial charge in [0.25, 0.3) is 0 Å². The number of hydrogen-bond acceptors (Lipinski definition) is 5. The predicted molar refractivity (Wildman–Crippen MR) is 111 cm³/mol. The standard InChI is InChI=1S/C22H29N5O/c1-25-12-6-5-9-19(25)17-21(28)26-13-15-27(16-14-26)22-23-11-10-20(24-22)18-7-3-2-4-8-18/h2-4,7-8,10-11,19H,5-6,9,12-17H2,1H3/t19-/m0/s1. The van der Waals surface area contributed by atoms with Gasteiger partial charge in [-0.1, -0.05) is 36.8 Å². The second-order valence-electron chi connectivity index (χ2n) is 7.81. The molecule has 28 heavy (non-hydrogen) atoms. The van der Waals surface area contributed by atoms with Gasteiger partial charge >= 0.3 is 0 Å². The van der Waals surface area contributed by atoms with Crippen LogP contribution < -0.4 is 4.90 Å². The van der Waals surface area contributed by atoms with Crippen LogP contribution in [-0.4, -0.2) is 71.5 Å². The molecule has 2 aromatic rings. The van der Waals surface area contributed by atoms with Crippen molar-refractivity contribution in [1.82, 2.24) is 19.8 Å². The molecule has 0 N–H and O–H groups in total. The average Bonchev–Trinajstić information content (AvgIpc) is 2.76. The number of anilines is 1. The van der Waals surface area contributed by atoms with Crippen LogP contribution in [0.5, 0.6) is 0 Å². The lowest BCUT2D eigenvalue weighted by Crippen LogP contribution is -2.50. The molecule has 0 unspecified atom stereocenters. The Morgan fingerprint density at radius 3 is 2.57 bits per heavy atom. The summed E-state index contributed by atoms with van der Waals surface area (Å²) < 4.78 is 0. The van der Waals surface area contributed by atoms with E-state index in [4.69, 9.17) is 4.98 Å². The molecule has 0 spiro atoms. The summed E-state index contributed by atoms with van der Waals surface area (Å²) in [6, 6.07) is 12.5. The Bertz CT molecular complexity index is 789. The van der Waals surface area contributed by atoms with Crippen LogP contribution in [0.2, 0.25) is 0 Å². The molecule has 0 saturated carbocycles. The molecule has 2 saturated heterocycles. The Hall–Kier alpha value is -2.47. The number of rotatable bonds is 4. The lowest BCUT2D eigenvalue weighted by Gasteiger charge is -2.37. The van der Waals surface area contributed by atoms with Crippen molar-refractivity contribution in [3.63, 3.8) is 0 Å². The molecule has 4 rings (SSSR count). The lowest BCUT2D eigenvalue weighted by atomic mass is 9.99. The molecule has 0 radical (unpaired) electrons. The summed E-state index contributed by atoms with van der Waals surface area (Å²) in [6.45, 7) is 4.16. The highest BCUT2D eigenvalue weighted by Gasteiger charge is 2.27. The summed E-state index contributed by atoms with van der Waals surface area (Å²) in [5.41, 5.74) is 2.03. The number of nitrogens with zero attached hydrogens (tertiary/aromatic N) is 5. The fraction of sp³-hybridized carbons (Fsp3) is 0.500. The Morgan fingerprint density at radius 2 is 1.82 bits per heavy atom. The third kappa shape index (κ3) is 4.33. The number of amides is 1. The number of piperidine rings is 1. The summed E-state index contributed by atoms with van der Waals surface area (Å²) >= 11 is 0. The molecule has 2 fully saturated rings. The van der Waals surface area contributed by atoms with Crippen LogP contribution in [0.25, 0.3) is 11.3 Å². The van der Waals surface area contributed by atoms with Crippen molar-refractivity contribution < 1.29 is 4.79 Å². The number of aromatic nitrogens is 2. The van der Waals surface area contributed by atoms with Gasteiger partial charge in [-0.3, -0.25) is 4.79 Å². The summed E-state index contributed by atoms with van der Waals surface area (Å²) in [5.74, 6) is 1.04. The van der Waals surface area contributed by atoms with E-state index < -0.39 is 0 Å². The molecular weight excluding hydrogens is 350 g/mol. The van der Waals surface area contributed by atoms with Gasteiger partial charge in [0.2, 0.25) is 11.9 Å². The van der Waals surface area contributed by atoms with E-state index in [0.29, 0.717) is 12.5 Å². The first kappa shape index (κ1) is 18.9. The van der Waals surface area contributed by atoms with E-state index in [1.54, 1.807) is 0 Å². The Morgan fingerprint density at radius 1 is 1.04 bits per heavy atom. The van der Waals surface area contributed by atoms with Crippen LogP contribution >= 0.6 is 0 Å². The quantitative estimate of drug-likeness (QED) is 0.818. The first-order chi connectivity index (χ1) is 13.7. The minimum Gasteiger partial charge on any atom is -0.339 e. The van der Waals surface area contributed by atoms with Crippen molar-refractivity contribution in [3.05, 3.63) is 42.6 Å². The van der Waals surface area contributed by atoms with Crippen LogP contribution in [0, 0.1) is 0 Å². The third-order valence-corrected chi connectivity index (χ3v) is 5.96. The van der Waals surface area contributed by atoms with Crippen LogP contribution in [0.3, 0.4) is 0 Å². The van der Waals surface area contributed by atoms with Crippen molar-refractivity contribution in [2.24, 2.45) is 0 Å². The monoisotopic (exact) mass is 379 g/mol. The van der Waals surface area contributed by atoms with E-state index >= 15 is 0 Å². The summed E-state index contributed by atoms with van der Waals surface area (Å²) in [5, 5.41) is 0. The zero-order valence-electron chi connectivity index (χ0n) is 16.6. The van der Waals surface area contributed by atoms with Crippen molar-refractivity contribution in [3.8, 4) is 11.3 Å². The maximum atomic E-state index is 12.7. The highest BCUT2D eigenvalue weighted by Crippen LogP contribution is 2.21. The van der Waals surface area contributed by atoms with Gasteiger partial charge < -0.3 is 14.7 Å². The van der Waals surface area contributed by atoms with E-state index in [1.165, 1.54) is 12.8 Å². The fourth-order valence-corrected chi connectivity index (χ4v) is 4.16. The lowest BCUT2D eigenvalue weighted by molar-refractivity contribution is -0.133. The van der Waals surface area contributed by atoms with Crippen molar-refractivity contribution in [2.75, 3.05) is 44.7 Å². The molecule has 1 aromatic heterocycles. The second-order valence-corrected chi connectivity index (χ2v) is 7.81. The third-order valence-electron chi connectivity index (χ3n) is 5.96. The predicted octanol–water partition coefficient (Wildman–Crippen LogP) is 2.67. The first-order valence-corrected chi connectivity index (χ1v) is 10.3. The molecule has 6 heteroatoms. The molecule has 1 amide bonds. The topological polar surface area (TPSA) is 52.6 Å². The fourth-order valence-electron chi connectivity index (χ4n) is 4.16. The number of likely N-dealkylation sites (tertiary alicyclic amines) is 1. The van der Waals surface area contributed by atoms with Crippen LogP contribution in [-0.2, 0) is 4.79 Å². The van der Waals surface area contributed by atoms with Gasteiger partial charge in [-0.2, -0.15) is 0 Å². The number of benzene rings is 1. The molecule has 0 aliphatic carbocycles. The molecule has 2 aliphatic heterocycles.